The minimum absolute atomic E-state index is 0.121. The van der Waals surface area contributed by atoms with Crippen molar-refractivity contribution < 1.29 is 52.3 Å². The van der Waals surface area contributed by atoms with E-state index >= 15 is 0 Å². The quantitative estimate of drug-likeness (QED) is 0.0992. The lowest BCUT2D eigenvalue weighted by molar-refractivity contribution is -0.138. The summed E-state index contributed by atoms with van der Waals surface area (Å²) in [5.41, 5.74) is 3.13. The van der Waals surface area contributed by atoms with Gasteiger partial charge in [-0.2, -0.15) is 43.2 Å². The Morgan fingerprint density at radius 3 is 1.17 bits per heavy atom. The van der Waals surface area contributed by atoms with Crippen molar-refractivity contribution in [2.45, 2.75) is 25.4 Å². The first kappa shape index (κ1) is 49.8. The number of piperazine rings is 2. The van der Waals surface area contributed by atoms with Gasteiger partial charge in [-0.1, -0.05) is 36.4 Å². The average Bonchev–Trinajstić information content (AvgIpc) is 3.77. The van der Waals surface area contributed by atoms with Crippen LogP contribution in [0.3, 0.4) is 0 Å². The molecule has 0 spiro atoms. The van der Waals surface area contributed by atoms with Crippen molar-refractivity contribution in [3.8, 4) is 0 Å². The maximum atomic E-state index is 12.9. The lowest BCUT2D eigenvalue weighted by Gasteiger charge is -2.36. The first-order chi connectivity index (χ1) is 31.0. The molecule has 0 radical (unpaired) electrons. The molecular weight excluding hydrogens is 923 g/mol. The van der Waals surface area contributed by atoms with E-state index < -0.39 is 55.2 Å². The highest BCUT2D eigenvalue weighted by Crippen LogP contribution is 2.33. The van der Waals surface area contributed by atoms with Crippen molar-refractivity contribution in [2.75, 3.05) is 86.8 Å². The number of rotatable bonds is 11. The molecule has 0 aliphatic carbocycles. The van der Waals surface area contributed by atoms with E-state index in [1.807, 2.05) is 58.3 Å². The summed E-state index contributed by atoms with van der Waals surface area (Å²) < 4.78 is 136. The van der Waals surface area contributed by atoms with Gasteiger partial charge in [0.15, 0.2) is 0 Å². The molecule has 0 unspecified atom stereocenters. The summed E-state index contributed by atoms with van der Waals surface area (Å²) in [6, 6.07) is 26.1. The first-order valence-corrected chi connectivity index (χ1v) is 23.8. The van der Waals surface area contributed by atoms with Crippen LogP contribution < -0.4 is 21.2 Å². The summed E-state index contributed by atoms with van der Waals surface area (Å²) in [6.07, 6.45) is -8.66. The van der Waals surface area contributed by atoms with E-state index in [-0.39, 0.29) is 11.4 Å². The SMILES string of the molecule is O=S(=O)(O)CCS(=O)(=O)O.O=c1[nH]c2ccccc2n1CCN1CCN(c2cccc(C(F)(F)F)c2)CC1.O=c1[nH]c2ccccc2n1CCN1CCN(c2cccc(C(F)(F)F)c2)CC1. The van der Waals surface area contributed by atoms with Gasteiger partial charge in [0, 0.05) is 89.9 Å². The number of fused-ring (bicyclic) bond motifs is 2. The number of alkyl halides is 6. The fraction of sp³-hybridized carbons (Fsp3) is 0.381. The maximum absolute atomic E-state index is 12.9. The zero-order valence-corrected chi connectivity index (χ0v) is 36.9. The Morgan fingerprint density at radius 2 is 0.833 bits per heavy atom. The summed E-state index contributed by atoms with van der Waals surface area (Å²) in [7, 11) is -8.59. The van der Waals surface area contributed by atoms with E-state index in [4.69, 9.17) is 9.11 Å². The normalized spacial score (nSPS) is 15.6. The van der Waals surface area contributed by atoms with E-state index in [0.29, 0.717) is 50.6 Å². The fourth-order valence-corrected chi connectivity index (χ4v) is 9.25. The summed E-state index contributed by atoms with van der Waals surface area (Å²) in [6.45, 7) is 8.19. The minimum atomic E-state index is -4.33. The van der Waals surface area contributed by atoms with Crippen molar-refractivity contribution in [1.29, 1.82) is 0 Å². The van der Waals surface area contributed by atoms with Gasteiger partial charge in [0.05, 0.1) is 44.7 Å². The number of aromatic amines is 2. The number of aromatic nitrogens is 4. The molecule has 0 amide bonds. The average molecular weight is 971 g/mol. The highest BCUT2D eigenvalue weighted by atomic mass is 32.2. The number of halogens is 6. The number of imidazole rings is 2. The summed E-state index contributed by atoms with van der Waals surface area (Å²) >= 11 is 0. The number of nitrogens with zero attached hydrogens (tertiary/aromatic N) is 6. The number of nitrogens with one attached hydrogen (secondary N) is 2. The van der Waals surface area contributed by atoms with Gasteiger partial charge in [-0.05, 0) is 60.7 Å². The summed E-state index contributed by atoms with van der Waals surface area (Å²) in [4.78, 5) is 38.4. The molecule has 16 nitrogen and oxygen atoms in total. The smallest absolute Gasteiger partial charge is 0.369 e. The molecule has 66 heavy (non-hydrogen) atoms. The van der Waals surface area contributed by atoms with Crippen LogP contribution >= 0.6 is 0 Å². The van der Waals surface area contributed by atoms with Crippen LogP contribution in [0, 0.1) is 0 Å². The van der Waals surface area contributed by atoms with Gasteiger partial charge in [0.25, 0.3) is 20.2 Å². The first-order valence-electron chi connectivity index (χ1n) is 20.6. The van der Waals surface area contributed by atoms with Crippen LogP contribution in [0.15, 0.2) is 107 Å². The van der Waals surface area contributed by atoms with E-state index in [9.17, 15) is 52.8 Å². The van der Waals surface area contributed by atoms with E-state index in [0.717, 1.165) is 73.5 Å². The molecule has 2 saturated heterocycles. The minimum Gasteiger partial charge on any atom is -0.369 e. The van der Waals surface area contributed by atoms with Crippen molar-refractivity contribution in [1.82, 2.24) is 28.9 Å². The monoisotopic (exact) mass is 970 g/mol. The highest BCUT2D eigenvalue weighted by Gasteiger charge is 2.32. The van der Waals surface area contributed by atoms with Gasteiger partial charge in [0.1, 0.15) is 0 Å². The lowest BCUT2D eigenvalue weighted by atomic mass is 10.1. The molecule has 2 aromatic heterocycles. The molecule has 24 heteroatoms. The molecule has 0 saturated carbocycles. The largest absolute Gasteiger partial charge is 0.416 e. The van der Waals surface area contributed by atoms with Crippen molar-refractivity contribution in [2.24, 2.45) is 0 Å². The molecule has 2 fully saturated rings. The number of para-hydroxylation sites is 4. The Labute approximate surface area is 375 Å². The molecule has 4 heterocycles. The molecule has 8 rings (SSSR count). The van der Waals surface area contributed by atoms with Crippen molar-refractivity contribution in [3.63, 3.8) is 0 Å². The molecule has 358 valence electrons. The number of hydrogen-bond acceptors (Lipinski definition) is 10. The van der Waals surface area contributed by atoms with Gasteiger partial charge in [-0.25, -0.2) is 9.59 Å². The van der Waals surface area contributed by atoms with E-state index in [1.165, 1.54) is 24.3 Å². The standard InChI is InChI=1S/2C20H21F3N4O.C2H6O6S2/c2*21-20(22,23)15-4-3-5-16(14-15)26-11-8-25(9-12-26)10-13-27-18-7-2-1-6-17(18)24-19(27)28;3-9(4,5)1-2-10(6,7)8/h2*1-7,14H,8-13H2,(H,24,28);1-2H2,(H,3,4,5)(H,6,7,8). The van der Waals surface area contributed by atoms with Gasteiger partial charge < -0.3 is 19.8 Å². The predicted octanol–water partition coefficient (Wildman–Crippen LogP) is 5.10. The van der Waals surface area contributed by atoms with Crippen LogP contribution in [0.5, 0.6) is 0 Å². The summed E-state index contributed by atoms with van der Waals surface area (Å²) in [5.74, 6) is -1.96. The molecule has 6 aromatic rings. The molecule has 0 atom stereocenters. The van der Waals surface area contributed by atoms with Crippen molar-refractivity contribution >= 4 is 53.7 Å². The molecule has 0 bridgehead atoms. The predicted molar refractivity (Wildman–Crippen MR) is 238 cm³/mol. The second kappa shape index (κ2) is 20.9. The Hall–Kier alpha value is -5.66. The van der Waals surface area contributed by atoms with Crippen LogP contribution in [0.25, 0.3) is 22.1 Å². The zero-order valence-electron chi connectivity index (χ0n) is 35.2. The van der Waals surface area contributed by atoms with Crippen LogP contribution in [-0.4, -0.2) is 132 Å². The topological polar surface area (TPSA) is 197 Å². The third-order valence-corrected chi connectivity index (χ3v) is 12.8. The maximum Gasteiger partial charge on any atom is 0.416 e. The molecule has 4 N–H and O–H groups in total. The number of hydrogen-bond donors (Lipinski definition) is 4. The van der Waals surface area contributed by atoms with E-state index in [2.05, 4.69) is 19.8 Å². The third-order valence-electron chi connectivity index (χ3n) is 11.1. The van der Waals surface area contributed by atoms with Gasteiger partial charge in [-0.15, -0.1) is 0 Å². The van der Waals surface area contributed by atoms with Crippen LogP contribution in [0.1, 0.15) is 11.1 Å². The second-order valence-electron chi connectivity index (χ2n) is 15.5. The van der Waals surface area contributed by atoms with Gasteiger partial charge >= 0.3 is 23.7 Å². The molecular formula is C42H48F6N8O8S2. The Morgan fingerprint density at radius 1 is 0.485 bits per heavy atom. The highest BCUT2D eigenvalue weighted by molar-refractivity contribution is 7.89. The number of H-pyrrole nitrogens is 2. The Balaban J connectivity index is 0.000000182. The molecule has 2 aliphatic rings. The fourth-order valence-electron chi connectivity index (χ4n) is 7.57. The molecule has 2 aliphatic heterocycles. The lowest BCUT2D eigenvalue weighted by Crippen LogP contribution is -2.47. The Kier molecular flexibility index (Phi) is 15.7. The Bertz CT molecular complexity index is 2720. The van der Waals surface area contributed by atoms with Crippen LogP contribution in [0.4, 0.5) is 37.7 Å². The number of anilines is 2. The molecule has 4 aromatic carbocycles. The van der Waals surface area contributed by atoms with E-state index in [1.54, 1.807) is 21.3 Å². The zero-order chi connectivity index (χ0) is 47.9. The summed E-state index contributed by atoms with van der Waals surface area (Å²) in [5, 5.41) is 0. The van der Waals surface area contributed by atoms with Crippen molar-refractivity contribution in [3.05, 3.63) is 129 Å². The van der Waals surface area contributed by atoms with Crippen LogP contribution in [0.2, 0.25) is 0 Å². The van der Waals surface area contributed by atoms with Gasteiger partial charge in [-0.3, -0.25) is 28.0 Å². The second-order valence-corrected chi connectivity index (χ2v) is 18.7. The van der Waals surface area contributed by atoms with Gasteiger partial charge in [0.2, 0.25) is 0 Å². The third kappa shape index (κ3) is 13.9. The number of benzene rings is 4. The van der Waals surface area contributed by atoms with Crippen LogP contribution in [-0.2, 0) is 45.7 Å².